The van der Waals surface area contributed by atoms with Crippen molar-refractivity contribution in [1.29, 1.82) is 0 Å². The van der Waals surface area contributed by atoms with Gasteiger partial charge in [-0.25, -0.2) is 4.98 Å². The summed E-state index contributed by atoms with van der Waals surface area (Å²) in [6.07, 6.45) is 3.74. The van der Waals surface area contributed by atoms with Crippen molar-refractivity contribution in [2.45, 2.75) is 33.7 Å². The summed E-state index contributed by atoms with van der Waals surface area (Å²) in [5, 5.41) is 8.29. The summed E-state index contributed by atoms with van der Waals surface area (Å²) in [5.41, 5.74) is 3.97. The van der Waals surface area contributed by atoms with Crippen LogP contribution in [0.5, 0.6) is 0 Å². The molecule has 0 aliphatic rings. The fourth-order valence-electron chi connectivity index (χ4n) is 2.76. The van der Waals surface area contributed by atoms with E-state index < -0.39 is 0 Å². The fourth-order valence-corrected chi connectivity index (χ4v) is 3.98. The van der Waals surface area contributed by atoms with Crippen molar-refractivity contribution < 1.29 is 4.79 Å². The molecule has 6 heteroatoms. The van der Waals surface area contributed by atoms with Gasteiger partial charge in [-0.15, -0.1) is 11.3 Å². The largest absolute Gasteiger partial charge is 0.349 e. The van der Waals surface area contributed by atoms with Gasteiger partial charge < -0.3 is 5.32 Å². The molecule has 3 rings (SSSR count). The molecule has 0 unspecified atom stereocenters. The maximum absolute atomic E-state index is 12.7. The van der Waals surface area contributed by atoms with Crippen LogP contribution in [0.1, 0.15) is 34.8 Å². The first-order valence-electron chi connectivity index (χ1n) is 7.57. The van der Waals surface area contributed by atoms with Crippen LogP contribution in [0, 0.1) is 13.8 Å². The molecule has 0 saturated carbocycles. The number of rotatable bonds is 3. The number of aromatic nitrogens is 3. The maximum atomic E-state index is 12.7. The standard InChI is InChI=1S/C17H20N4OS/c1-9(2)19-16(22)15-14(12-7-18-21(5)8-12)13-10(3)6-11(4)20-17(13)23-15/h6-9H,1-5H3,(H,19,22). The van der Waals surface area contributed by atoms with Crippen molar-refractivity contribution in [3.05, 3.63) is 34.6 Å². The summed E-state index contributed by atoms with van der Waals surface area (Å²) >= 11 is 1.45. The Balaban J connectivity index is 2.30. The lowest BCUT2D eigenvalue weighted by Gasteiger charge is -2.08. The molecular formula is C17H20N4OS. The second kappa shape index (κ2) is 5.77. The number of amides is 1. The molecule has 0 spiro atoms. The fraction of sp³-hybridized carbons (Fsp3) is 0.353. The van der Waals surface area contributed by atoms with Gasteiger partial charge in [0.25, 0.3) is 5.91 Å². The summed E-state index contributed by atoms with van der Waals surface area (Å²) < 4.78 is 1.75. The number of carbonyl (C=O) groups excluding carboxylic acids is 1. The van der Waals surface area contributed by atoms with Crippen LogP contribution in [0.4, 0.5) is 0 Å². The zero-order valence-electron chi connectivity index (χ0n) is 14.0. The number of pyridine rings is 1. The molecule has 0 aromatic carbocycles. The molecule has 3 aromatic heterocycles. The minimum Gasteiger partial charge on any atom is -0.349 e. The number of aryl methyl sites for hydroxylation is 3. The van der Waals surface area contributed by atoms with Crippen molar-refractivity contribution in [1.82, 2.24) is 20.1 Å². The van der Waals surface area contributed by atoms with Gasteiger partial charge in [-0.1, -0.05) is 0 Å². The molecular weight excluding hydrogens is 308 g/mol. The first kappa shape index (κ1) is 15.7. The Bertz CT molecular complexity index is 892. The minimum atomic E-state index is -0.0566. The molecule has 120 valence electrons. The summed E-state index contributed by atoms with van der Waals surface area (Å²) in [5.74, 6) is -0.0566. The van der Waals surface area contributed by atoms with Gasteiger partial charge in [-0.05, 0) is 39.3 Å². The Morgan fingerprint density at radius 3 is 2.70 bits per heavy atom. The SMILES string of the molecule is Cc1cc(C)c2c(-c3cnn(C)c3)c(C(=O)NC(C)C)sc2n1. The average Bonchev–Trinajstić information content (AvgIpc) is 3.01. The minimum absolute atomic E-state index is 0.0566. The first-order chi connectivity index (χ1) is 10.9. The van der Waals surface area contributed by atoms with Crippen LogP contribution in [0.3, 0.4) is 0 Å². The predicted octanol–water partition coefficient (Wildman–Crippen LogP) is 3.45. The Kier molecular flexibility index (Phi) is 3.93. The molecule has 0 aliphatic heterocycles. The Morgan fingerprint density at radius 2 is 2.09 bits per heavy atom. The molecule has 0 bridgehead atoms. The van der Waals surface area contributed by atoms with Crippen molar-refractivity contribution in [3.63, 3.8) is 0 Å². The third-order valence-electron chi connectivity index (χ3n) is 3.61. The molecule has 3 heterocycles. The van der Waals surface area contributed by atoms with Crippen LogP contribution in [-0.4, -0.2) is 26.7 Å². The van der Waals surface area contributed by atoms with E-state index in [-0.39, 0.29) is 11.9 Å². The zero-order chi connectivity index (χ0) is 16.7. The van der Waals surface area contributed by atoms with Gasteiger partial charge in [0.2, 0.25) is 0 Å². The monoisotopic (exact) mass is 328 g/mol. The number of carbonyl (C=O) groups is 1. The average molecular weight is 328 g/mol. The second-order valence-electron chi connectivity index (χ2n) is 6.10. The molecule has 0 saturated heterocycles. The Labute approximate surface area is 139 Å². The van der Waals surface area contributed by atoms with Gasteiger partial charge in [0.1, 0.15) is 9.71 Å². The smallest absolute Gasteiger partial charge is 0.262 e. The Morgan fingerprint density at radius 1 is 1.35 bits per heavy atom. The zero-order valence-corrected chi connectivity index (χ0v) is 14.8. The highest BCUT2D eigenvalue weighted by molar-refractivity contribution is 7.21. The van der Waals surface area contributed by atoms with Gasteiger partial charge in [0.15, 0.2) is 0 Å². The molecule has 0 atom stereocenters. The van der Waals surface area contributed by atoms with Crippen LogP contribution >= 0.6 is 11.3 Å². The van der Waals surface area contributed by atoms with E-state index in [9.17, 15) is 4.79 Å². The van der Waals surface area contributed by atoms with Gasteiger partial charge >= 0.3 is 0 Å². The number of hydrogen-bond donors (Lipinski definition) is 1. The summed E-state index contributed by atoms with van der Waals surface area (Å²) in [6.45, 7) is 7.96. The highest BCUT2D eigenvalue weighted by Gasteiger charge is 2.23. The van der Waals surface area contributed by atoms with E-state index in [0.29, 0.717) is 4.88 Å². The van der Waals surface area contributed by atoms with Crippen LogP contribution in [-0.2, 0) is 7.05 Å². The number of nitrogens with one attached hydrogen (secondary N) is 1. The van der Waals surface area contributed by atoms with E-state index in [1.54, 1.807) is 10.9 Å². The molecule has 23 heavy (non-hydrogen) atoms. The lowest BCUT2D eigenvalue weighted by molar-refractivity contribution is 0.0948. The van der Waals surface area contributed by atoms with Crippen LogP contribution in [0.25, 0.3) is 21.3 Å². The quantitative estimate of drug-likeness (QED) is 0.801. The number of thiophene rings is 1. The molecule has 3 aromatic rings. The third kappa shape index (κ3) is 2.86. The van der Waals surface area contributed by atoms with E-state index in [4.69, 9.17) is 0 Å². The summed E-state index contributed by atoms with van der Waals surface area (Å²) in [7, 11) is 1.88. The van der Waals surface area contributed by atoms with Crippen molar-refractivity contribution in [3.8, 4) is 11.1 Å². The molecule has 1 amide bonds. The second-order valence-corrected chi connectivity index (χ2v) is 7.10. The highest BCUT2D eigenvalue weighted by atomic mass is 32.1. The lowest BCUT2D eigenvalue weighted by Crippen LogP contribution is -2.29. The third-order valence-corrected chi connectivity index (χ3v) is 4.69. The predicted molar refractivity (Wildman–Crippen MR) is 93.9 cm³/mol. The lowest BCUT2D eigenvalue weighted by atomic mass is 10.0. The van der Waals surface area contributed by atoms with Crippen molar-refractivity contribution in [2.75, 3.05) is 0 Å². The molecule has 0 fully saturated rings. The highest BCUT2D eigenvalue weighted by Crippen LogP contribution is 2.39. The van der Waals surface area contributed by atoms with Crippen molar-refractivity contribution >= 4 is 27.5 Å². The molecule has 0 radical (unpaired) electrons. The first-order valence-corrected chi connectivity index (χ1v) is 8.39. The van der Waals surface area contributed by atoms with Gasteiger partial charge in [0, 0.05) is 41.5 Å². The molecule has 5 nitrogen and oxygen atoms in total. The van der Waals surface area contributed by atoms with E-state index in [2.05, 4.69) is 28.4 Å². The topological polar surface area (TPSA) is 59.8 Å². The van der Waals surface area contributed by atoms with Gasteiger partial charge in [-0.2, -0.15) is 5.10 Å². The van der Waals surface area contributed by atoms with Crippen LogP contribution in [0.15, 0.2) is 18.5 Å². The van der Waals surface area contributed by atoms with E-state index >= 15 is 0 Å². The number of fused-ring (bicyclic) bond motifs is 1. The summed E-state index contributed by atoms with van der Waals surface area (Å²) in [4.78, 5) is 18.9. The Hall–Kier alpha value is -2.21. The van der Waals surface area contributed by atoms with Crippen LogP contribution < -0.4 is 5.32 Å². The van der Waals surface area contributed by atoms with E-state index in [1.807, 2.05) is 34.0 Å². The maximum Gasteiger partial charge on any atom is 0.262 e. The van der Waals surface area contributed by atoms with Crippen LogP contribution in [0.2, 0.25) is 0 Å². The van der Waals surface area contributed by atoms with E-state index in [1.165, 1.54) is 11.3 Å². The number of hydrogen-bond acceptors (Lipinski definition) is 4. The van der Waals surface area contributed by atoms with E-state index in [0.717, 1.165) is 32.6 Å². The number of nitrogens with zero attached hydrogens (tertiary/aromatic N) is 3. The molecule has 0 aliphatic carbocycles. The van der Waals surface area contributed by atoms with Gasteiger partial charge in [0.05, 0.1) is 6.20 Å². The van der Waals surface area contributed by atoms with Gasteiger partial charge in [-0.3, -0.25) is 9.48 Å². The molecule has 1 N–H and O–H groups in total. The summed E-state index contributed by atoms with van der Waals surface area (Å²) in [6, 6.07) is 2.14. The van der Waals surface area contributed by atoms with Crippen molar-refractivity contribution in [2.24, 2.45) is 7.05 Å². The normalized spacial score (nSPS) is 11.4.